The van der Waals surface area contributed by atoms with Crippen LogP contribution in [0, 0.1) is 0 Å². The van der Waals surface area contributed by atoms with Gasteiger partial charge in [-0.05, 0) is 81.6 Å². The first-order valence-electron chi connectivity index (χ1n) is 11.8. The third kappa shape index (κ3) is 6.20. The Hall–Kier alpha value is -2.93. The van der Waals surface area contributed by atoms with Gasteiger partial charge in [0.15, 0.2) is 0 Å². The minimum absolute atomic E-state index is 0.0336. The molecule has 2 aromatic heterocycles. The summed E-state index contributed by atoms with van der Waals surface area (Å²) in [7, 11) is 2.03. The lowest BCUT2D eigenvalue weighted by atomic mass is 9.93. The van der Waals surface area contributed by atoms with Gasteiger partial charge in [-0.3, -0.25) is 19.2 Å². The van der Waals surface area contributed by atoms with Gasteiger partial charge in [0, 0.05) is 36.7 Å². The second-order valence-corrected chi connectivity index (χ2v) is 10.2. The fourth-order valence-corrected chi connectivity index (χ4v) is 4.33. The number of aryl methyl sites for hydroxylation is 1. The number of hydrogen-bond acceptors (Lipinski definition) is 5. The summed E-state index contributed by atoms with van der Waals surface area (Å²) in [6, 6.07) is 13.4. The molecule has 0 saturated heterocycles. The summed E-state index contributed by atoms with van der Waals surface area (Å²) in [5.74, 6) is 0.508. The number of benzene rings is 1. The van der Waals surface area contributed by atoms with Crippen molar-refractivity contribution in [1.82, 2.24) is 14.5 Å². The number of pyridine rings is 2. The van der Waals surface area contributed by atoms with Crippen LogP contribution in [-0.2, 0) is 19.6 Å². The van der Waals surface area contributed by atoms with Gasteiger partial charge in [0.1, 0.15) is 12.4 Å². The summed E-state index contributed by atoms with van der Waals surface area (Å²) < 4.78 is 7.42. The molecule has 0 spiro atoms. The normalized spacial score (nSPS) is 14.4. The van der Waals surface area contributed by atoms with Crippen LogP contribution in [0.3, 0.4) is 0 Å². The number of halogens is 1. The fourth-order valence-electron chi connectivity index (χ4n) is 4.22. The molecule has 0 aliphatic heterocycles. The van der Waals surface area contributed by atoms with Crippen molar-refractivity contribution in [1.29, 1.82) is 0 Å². The maximum absolute atomic E-state index is 12.8. The van der Waals surface area contributed by atoms with Gasteiger partial charge in [-0.15, -0.1) is 0 Å². The minimum atomic E-state index is -0.763. The van der Waals surface area contributed by atoms with Gasteiger partial charge in [0.25, 0.3) is 5.56 Å². The van der Waals surface area contributed by atoms with Crippen LogP contribution in [0.5, 0.6) is 5.75 Å². The van der Waals surface area contributed by atoms with Crippen LogP contribution in [0.4, 0.5) is 0 Å². The van der Waals surface area contributed by atoms with Crippen molar-refractivity contribution in [3.05, 3.63) is 92.6 Å². The number of aliphatic hydroxyl groups is 1. The summed E-state index contributed by atoms with van der Waals surface area (Å²) >= 11 is 5.86. The second-order valence-electron chi connectivity index (χ2n) is 9.74. The Labute approximate surface area is 211 Å². The summed E-state index contributed by atoms with van der Waals surface area (Å²) in [6.07, 6.45) is 7.08. The van der Waals surface area contributed by atoms with Gasteiger partial charge < -0.3 is 9.84 Å². The van der Waals surface area contributed by atoms with E-state index in [2.05, 4.69) is 34.2 Å². The van der Waals surface area contributed by atoms with Crippen molar-refractivity contribution in [3.8, 4) is 5.75 Å². The lowest BCUT2D eigenvalue weighted by molar-refractivity contribution is -0.00486. The second kappa shape index (κ2) is 10.4. The van der Waals surface area contributed by atoms with Crippen LogP contribution in [0.25, 0.3) is 11.8 Å². The Morgan fingerprint density at radius 2 is 2.00 bits per heavy atom. The van der Waals surface area contributed by atoms with Crippen LogP contribution < -0.4 is 10.3 Å². The van der Waals surface area contributed by atoms with Crippen LogP contribution in [-0.4, -0.2) is 38.2 Å². The third-order valence-electron chi connectivity index (χ3n) is 6.67. The zero-order valence-corrected chi connectivity index (χ0v) is 21.4. The Bertz CT molecular complexity index is 1280. The van der Waals surface area contributed by atoms with Crippen LogP contribution >= 0.6 is 11.6 Å². The Morgan fingerprint density at radius 1 is 1.20 bits per heavy atom. The Kier molecular flexibility index (Phi) is 7.45. The lowest BCUT2D eigenvalue weighted by Crippen LogP contribution is -2.45. The molecule has 0 fully saturated rings. The van der Waals surface area contributed by atoms with E-state index in [-0.39, 0.29) is 18.2 Å². The predicted octanol–water partition coefficient (Wildman–Crippen LogP) is 5.01. The molecule has 6 nitrogen and oxygen atoms in total. The van der Waals surface area contributed by atoms with Gasteiger partial charge in [-0.2, -0.15) is 0 Å². The van der Waals surface area contributed by atoms with Crippen molar-refractivity contribution >= 4 is 23.4 Å². The molecule has 0 amide bonds. The summed E-state index contributed by atoms with van der Waals surface area (Å²) in [4.78, 5) is 19.2. The summed E-state index contributed by atoms with van der Waals surface area (Å²) in [5.41, 5.74) is 4.45. The third-order valence-corrected chi connectivity index (χ3v) is 6.89. The lowest BCUT2D eigenvalue weighted by Gasteiger charge is -2.34. The van der Waals surface area contributed by atoms with Crippen LogP contribution in [0.15, 0.2) is 59.7 Å². The number of aromatic nitrogens is 2. The standard InChI is InChI=1S/C28H32ClN3O3/c1-19(28(2,3)34)31(4)17-20-5-6-22-14-25(10-7-21(22)13-20)32-12-11-26(15-27(32)33)35-18-24-9-8-23(29)16-30-24/h5-6,8-9,11-16,19,34H,7,10,17-18H2,1-4H3/t19-/m1/s1. The van der Waals surface area contributed by atoms with E-state index in [0.29, 0.717) is 10.8 Å². The quantitative estimate of drug-likeness (QED) is 0.477. The molecule has 4 rings (SSSR count). The van der Waals surface area contributed by atoms with E-state index in [0.717, 1.165) is 36.3 Å². The number of rotatable bonds is 8. The maximum Gasteiger partial charge on any atom is 0.258 e. The Balaban J connectivity index is 1.45. The number of fused-ring (bicyclic) bond motifs is 1. The van der Waals surface area contributed by atoms with Crippen LogP contribution in [0.1, 0.15) is 49.6 Å². The molecular formula is C28H32ClN3O3. The number of allylic oxidation sites excluding steroid dienone is 1. The number of nitrogens with zero attached hydrogens (tertiary/aromatic N) is 3. The van der Waals surface area contributed by atoms with E-state index < -0.39 is 5.60 Å². The van der Waals surface area contributed by atoms with Gasteiger partial charge in [0.05, 0.1) is 16.3 Å². The van der Waals surface area contributed by atoms with Crippen LogP contribution in [0.2, 0.25) is 5.02 Å². The molecule has 1 aliphatic rings. The van der Waals surface area contributed by atoms with E-state index in [1.165, 1.54) is 17.2 Å². The van der Waals surface area contributed by atoms with E-state index in [1.54, 1.807) is 35.2 Å². The molecule has 1 aliphatic carbocycles. The van der Waals surface area contributed by atoms with Crippen molar-refractivity contribution in [2.45, 2.75) is 58.4 Å². The monoisotopic (exact) mass is 493 g/mol. The molecule has 1 atom stereocenters. The van der Waals surface area contributed by atoms with Crippen molar-refractivity contribution in [2.24, 2.45) is 0 Å². The zero-order chi connectivity index (χ0) is 25.2. The summed E-state index contributed by atoms with van der Waals surface area (Å²) in [5, 5.41) is 10.9. The molecule has 3 aromatic rings. The molecule has 7 heteroatoms. The zero-order valence-electron chi connectivity index (χ0n) is 20.7. The molecule has 1 aromatic carbocycles. The SMILES string of the molecule is C[C@@H](N(C)Cc1ccc2c(c1)CCC(n1ccc(OCc3ccc(Cl)cn3)cc1=O)=C2)C(C)(C)O. The number of likely N-dealkylation sites (N-methyl/N-ethyl adjacent to an activating group) is 1. The number of ether oxygens (including phenoxy) is 1. The first kappa shape index (κ1) is 25.2. The fraction of sp³-hybridized carbons (Fsp3) is 0.357. The largest absolute Gasteiger partial charge is 0.487 e. The minimum Gasteiger partial charge on any atom is -0.487 e. The van der Waals surface area contributed by atoms with Gasteiger partial charge in [-0.25, -0.2) is 0 Å². The maximum atomic E-state index is 12.8. The molecule has 0 unspecified atom stereocenters. The highest BCUT2D eigenvalue weighted by Gasteiger charge is 2.26. The van der Waals surface area contributed by atoms with Crippen molar-refractivity contribution in [2.75, 3.05) is 7.05 Å². The topological polar surface area (TPSA) is 67.6 Å². The smallest absolute Gasteiger partial charge is 0.258 e. The average molecular weight is 494 g/mol. The molecule has 0 saturated carbocycles. The predicted molar refractivity (Wildman–Crippen MR) is 140 cm³/mol. The summed E-state index contributed by atoms with van der Waals surface area (Å²) in [6.45, 7) is 6.75. The molecule has 1 N–H and O–H groups in total. The molecule has 35 heavy (non-hydrogen) atoms. The molecule has 184 valence electrons. The van der Waals surface area contributed by atoms with E-state index in [9.17, 15) is 9.90 Å². The number of hydrogen-bond donors (Lipinski definition) is 1. The van der Waals surface area contributed by atoms with E-state index >= 15 is 0 Å². The highest BCUT2D eigenvalue weighted by Crippen LogP contribution is 2.28. The van der Waals surface area contributed by atoms with Crippen molar-refractivity contribution in [3.63, 3.8) is 0 Å². The highest BCUT2D eigenvalue weighted by molar-refractivity contribution is 6.30. The highest BCUT2D eigenvalue weighted by atomic mass is 35.5. The van der Waals surface area contributed by atoms with Gasteiger partial charge in [-0.1, -0.05) is 29.8 Å². The van der Waals surface area contributed by atoms with Crippen molar-refractivity contribution < 1.29 is 9.84 Å². The van der Waals surface area contributed by atoms with E-state index in [1.807, 2.05) is 27.8 Å². The molecular weight excluding hydrogens is 462 g/mol. The molecule has 0 radical (unpaired) electrons. The van der Waals surface area contributed by atoms with E-state index in [4.69, 9.17) is 16.3 Å². The van der Waals surface area contributed by atoms with Gasteiger partial charge in [0.2, 0.25) is 0 Å². The first-order chi connectivity index (χ1) is 16.6. The molecule has 2 heterocycles. The van der Waals surface area contributed by atoms with Gasteiger partial charge >= 0.3 is 0 Å². The Morgan fingerprint density at radius 3 is 2.69 bits per heavy atom. The average Bonchev–Trinajstić information content (AvgIpc) is 2.82. The molecule has 0 bridgehead atoms. The first-order valence-corrected chi connectivity index (χ1v) is 12.2.